The largest absolute Gasteiger partial charge is 0.481 e. The molecule has 0 saturated heterocycles. The van der Waals surface area contributed by atoms with Crippen LogP contribution in [-0.4, -0.2) is 161 Å². The Balaban J connectivity index is 5.22. The molecule has 0 spiro atoms. The summed E-state index contributed by atoms with van der Waals surface area (Å²) in [5.41, 5.74) is 16.3. The maximum atomic E-state index is 12.9. The zero-order chi connectivity index (χ0) is 41.4. The Kier molecular flexibility index (Phi) is 24.8. The second-order valence-corrected chi connectivity index (χ2v) is 12.9. The van der Waals surface area contributed by atoms with Gasteiger partial charge in [0.15, 0.2) is 5.96 Å². The minimum Gasteiger partial charge on any atom is -0.481 e. The average molecular weight is 828 g/mol. The summed E-state index contributed by atoms with van der Waals surface area (Å²) in [6.45, 7) is -2.24. The fourth-order valence-electron chi connectivity index (χ4n) is 3.99. The van der Waals surface area contributed by atoms with Crippen LogP contribution in [0.3, 0.4) is 0 Å². The minimum atomic E-state index is -1.81. The van der Waals surface area contributed by atoms with Crippen molar-refractivity contribution in [3.8, 4) is 0 Å². The molecule has 0 aromatic rings. The average Bonchev–Trinajstić information content (AvgIpc) is 3.11. The Morgan fingerprint density at radius 3 is 1.76 bits per heavy atom. The van der Waals surface area contributed by atoms with E-state index in [9.17, 15) is 58.5 Å². The van der Waals surface area contributed by atoms with E-state index in [-0.39, 0.29) is 36.9 Å². The van der Waals surface area contributed by atoms with Crippen LogP contribution in [0.5, 0.6) is 0 Å². The van der Waals surface area contributed by atoms with Crippen molar-refractivity contribution in [2.75, 3.05) is 49.8 Å². The van der Waals surface area contributed by atoms with Crippen molar-refractivity contribution < 1.29 is 58.5 Å². The normalized spacial score (nSPS) is 13.9. The van der Waals surface area contributed by atoms with E-state index in [2.05, 4.69) is 67.5 Å². The number of aliphatic hydroxyl groups is 1. The van der Waals surface area contributed by atoms with E-state index >= 15 is 0 Å². The van der Waals surface area contributed by atoms with Crippen molar-refractivity contribution in [3.05, 3.63) is 0 Å². The lowest BCUT2D eigenvalue weighted by Crippen LogP contribution is -2.59. The zero-order valence-electron chi connectivity index (χ0n) is 29.2. The number of carbonyl (C=O) groups excluding carboxylic acids is 7. The molecule has 0 saturated carbocycles. The van der Waals surface area contributed by atoms with E-state index in [1.54, 1.807) is 6.26 Å². The van der Waals surface area contributed by atoms with Crippen molar-refractivity contribution in [2.45, 2.75) is 61.9 Å². The van der Waals surface area contributed by atoms with Gasteiger partial charge in [-0.3, -0.25) is 43.3 Å². The van der Waals surface area contributed by atoms with Crippen molar-refractivity contribution in [3.63, 3.8) is 0 Å². The zero-order valence-corrected chi connectivity index (χ0v) is 31.8. The van der Waals surface area contributed by atoms with Crippen LogP contribution in [0.15, 0.2) is 4.99 Å². The van der Waals surface area contributed by atoms with Gasteiger partial charge in [0.2, 0.25) is 41.4 Å². The number of thiol groups is 2. The fraction of sp³-hybridized carbons (Fsp3) is 0.643. The van der Waals surface area contributed by atoms with Gasteiger partial charge in [-0.2, -0.15) is 37.0 Å². The Morgan fingerprint density at radius 1 is 0.685 bits per heavy atom. The van der Waals surface area contributed by atoms with Crippen molar-refractivity contribution in [2.24, 2.45) is 22.2 Å². The molecule has 0 heterocycles. The van der Waals surface area contributed by atoms with Crippen molar-refractivity contribution in [1.82, 2.24) is 37.2 Å². The second-order valence-electron chi connectivity index (χ2n) is 11.2. The van der Waals surface area contributed by atoms with Crippen molar-refractivity contribution in [1.29, 1.82) is 0 Å². The number of hydrogen-bond acceptors (Lipinski definition) is 15. The lowest BCUT2D eigenvalue weighted by atomic mass is 10.1. The topological polar surface area (TPSA) is 389 Å². The Bertz CT molecular complexity index is 1360. The summed E-state index contributed by atoms with van der Waals surface area (Å²) >= 11 is 9.20. The number of aliphatic hydroxyl groups excluding tert-OH is 1. The van der Waals surface area contributed by atoms with Gasteiger partial charge in [0, 0.05) is 18.1 Å². The molecule has 0 aliphatic rings. The predicted octanol–water partition coefficient (Wildman–Crippen LogP) is -6.81. The molecule has 0 rings (SSSR count). The van der Waals surface area contributed by atoms with Gasteiger partial charge in [0.25, 0.3) is 0 Å². The number of carbonyl (C=O) groups is 9. The standard InChI is InChI=1S/C28H49N11O12S3/c1-54-6-4-14(24(47)39-18(12-53)27(50)51)36-26(49)16(10-40)37-25(48)15(7-21(43)44)35-20(42)9-33-19(41)8-34-23(46)17(11-52)38-22(45)13(29)3-2-5-32-28(30)31/h13-18,40,52-53H,2-12,29H2,1H3,(H,33,41)(H,34,46)(H,35,42)(H,36,49)(H,37,48)(H,38,45)(H,39,47)(H,43,44)(H,50,51)(H4,30,31,32)/t13-,14-,15-,16-,17-,18-/m0/s1. The third-order valence-electron chi connectivity index (χ3n) is 6.88. The van der Waals surface area contributed by atoms with Crippen LogP contribution in [0.4, 0.5) is 0 Å². The monoisotopic (exact) mass is 827 g/mol. The van der Waals surface area contributed by atoms with Gasteiger partial charge in [0.1, 0.15) is 30.2 Å². The molecule has 0 aromatic heterocycles. The molecule has 0 aromatic carbocycles. The lowest BCUT2D eigenvalue weighted by Gasteiger charge is -2.24. The first-order valence-electron chi connectivity index (χ1n) is 16.0. The van der Waals surface area contributed by atoms with Crippen LogP contribution in [-0.2, 0) is 43.2 Å². The van der Waals surface area contributed by atoms with E-state index in [4.69, 9.17) is 17.2 Å². The van der Waals surface area contributed by atoms with Gasteiger partial charge in [0.05, 0.1) is 32.2 Å². The molecule has 6 atom stereocenters. The molecular weight excluding hydrogens is 779 g/mol. The summed E-state index contributed by atoms with van der Waals surface area (Å²) < 4.78 is 0. The van der Waals surface area contributed by atoms with Crippen LogP contribution in [0, 0.1) is 0 Å². The SMILES string of the molecule is CSCC[C@H](NC(=O)[C@H](CO)NC(=O)[C@H](CC(=O)O)NC(=O)CNC(=O)CNC(=O)[C@H](CS)NC(=O)[C@@H](N)CCCN=C(N)N)C(=O)N[C@@H](CS)C(=O)O. The van der Waals surface area contributed by atoms with Crippen LogP contribution < -0.4 is 54.4 Å². The third kappa shape index (κ3) is 20.6. The van der Waals surface area contributed by atoms with Crippen LogP contribution >= 0.6 is 37.0 Å². The molecule has 0 bridgehead atoms. The molecule has 0 fully saturated rings. The molecule has 54 heavy (non-hydrogen) atoms. The molecule has 306 valence electrons. The number of aliphatic imine (C=N–C) groups is 1. The van der Waals surface area contributed by atoms with Gasteiger partial charge in [-0.05, 0) is 31.3 Å². The Labute approximate surface area is 325 Å². The van der Waals surface area contributed by atoms with Crippen LogP contribution in [0.25, 0.3) is 0 Å². The Hall–Kier alpha value is -4.53. The first-order valence-corrected chi connectivity index (χ1v) is 18.7. The van der Waals surface area contributed by atoms with E-state index in [0.717, 1.165) is 0 Å². The second kappa shape index (κ2) is 27.1. The van der Waals surface area contributed by atoms with Gasteiger partial charge < -0.3 is 69.7 Å². The highest BCUT2D eigenvalue weighted by Crippen LogP contribution is 2.04. The van der Waals surface area contributed by atoms with E-state index in [0.29, 0.717) is 12.2 Å². The summed E-state index contributed by atoms with van der Waals surface area (Å²) in [4.78, 5) is 115. The lowest BCUT2D eigenvalue weighted by molar-refractivity contribution is -0.141. The summed E-state index contributed by atoms with van der Waals surface area (Å²) in [7, 11) is 0. The first-order chi connectivity index (χ1) is 25.4. The van der Waals surface area contributed by atoms with Gasteiger partial charge >= 0.3 is 11.9 Å². The highest BCUT2D eigenvalue weighted by Gasteiger charge is 2.32. The molecular formula is C28H49N11O12S3. The van der Waals surface area contributed by atoms with Crippen molar-refractivity contribution >= 4 is 96.3 Å². The summed E-state index contributed by atoms with van der Waals surface area (Å²) in [6.07, 6.45) is 1.34. The summed E-state index contributed by atoms with van der Waals surface area (Å²) in [5, 5.41) is 43.7. The number of thioether (sulfide) groups is 1. The maximum Gasteiger partial charge on any atom is 0.327 e. The maximum absolute atomic E-state index is 12.9. The smallest absolute Gasteiger partial charge is 0.327 e. The van der Waals surface area contributed by atoms with Gasteiger partial charge in [-0.1, -0.05) is 0 Å². The number of carboxylic acid groups (broad SMARTS) is 2. The number of rotatable bonds is 27. The number of nitrogens with one attached hydrogen (secondary N) is 7. The number of nitrogens with zero attached hydrogens (tertiary/aromatic N) is 1. The number of guanidine groups is 1. The van der Waals surface area contributed by atoms with E-state index in [1.807, 2.05) is 0 Å². The van der Waals surface area contributed by atoms with Gasteiger partial charge in [-0.25, -0.2) is 4.79 Å². The number of nitrogens with two attached hydrogens (primary N) is 3. The number of carboxylic acids is 2. The minimum absolute atomic E-state index is 0.0293. The summed E-state index contributed by atoms with van der Waals surface area (Å²) in [6, 6.07) is -8.39. The molecule has 0 unspecified atom stereocenters. The highest BCUT2D eigenvalue weighted by atomic mass is 32.2. The molecule has 0 aliphatic carbocycles. The Morgan fingerprint density at radius 2 is 1.22 bits per heavy atom. The van der Waals surface area contributed by atoms with Gasteiger partial charge in [-0.15, -0.1) is 0 Å². The molecule has 16 N–H and O–H groups in total. The van der Waals surface area contributed by atoms with E-state index in [1.165, 1.54) is 11.8 Å². The number of amides is 7. The quantitative estimate of drug-likeness (QED) is 0.0158. The molecule has 0 radical (unpaired) electrons. The molecule has 0 aliphatic heterocycles. The number of aliphatic carboxylic acids is 2. The third-order valence-corrected chi connectivity index (χ3v) is 8.25. The van der Waals surface area contributed by atoms with E-state index < -0.39 is 116 Å². The fourth-order valence-corrected chi connectivity index (χ4v) is 4.96. The first kappa shape index (κ1) is 49.5. The highest BCUT2D eigenvalue weighted by molar-refractivity contribution is 7.98. The predicted molar refractivity (Wildman–Crippen MR) is 201 cm³/mol. The number of hydrogen-bond donors (Lipinski definition) is 15. The molecule has 23 nitrogen and oxygen atoms in total. The molecule has 7 amide bonds. The van der Waals surface area contributed by atoms with Crippen LogP contribution in [0.1, 0.15) is 25.7 Å². The van der Waals surface area contributed by atoms with Crippen LogP contribution in [0.2, 0.25) is 0 Å². The summed E-state index contributed by atoms with van der Waals surface area (Å²) in [5.74, 6) is -9.70. The molecule has 26 heteroatoms.